The first-order chi connectivity index (χ1) is 18.7. The standard InChI is InChI=1S/C30H29N5O3/c1-21-26(23-8-3-2-4-9-23)10-5-11-27(21)29-34-35-30(38-29)33-25-12-13-28(24(17-25)19-32-15-16-36)37-20-22-7-6-14-31-18-22/h2-14,17-18,32,36H,15-16,19-20H2,1H3,(H,33,35). The van der Waals surface area contributed by atoms with E-state index in [4.69, 9.17) is 9.15 Å². The molecule has 5 rings (SSSR count). The Morgan fingerprint density at radius 1 is 0.921 bits per heavy atom. The van der Waals surface area contributed by atoms with Crippen molar-refractivity contribution in [3.05, 3.63) is 108 Å². The number of rotatable bonds is 11. The summed E-state index contributed by atoms with van der Waals surface area (Å²) in [5, 5.41) is 24.1. The van der Waals surface area contributed by atoms with Crippen molar-refractivity contribution in [3.63, 3.8) is 0 Å². The van der Waals surface area contributed by atoms with E-state index >= 15 is 0 Å². The number of aliphatic hydroxyl groups is 1. The van der Waals surface area contributed by atoms with Gasteiger partial charge in [-0.1, -0.05) is 53.6 Å². The van der Waals surface area contributed by atoms with Crippen LogP contribution in [0.4, 0.5) is 11.7 Å². The summed E-state index contributed by atoms with van der Waals surface area (Å²) in [6.45, 7) is 3.53. The van der Waals surface area contributed by atoms with Gasteiger partial charge < -0.3 is 24.9 Å². The summed E-state index contributed by atoms with van der Waals surface area (Å²) in [5.74, 6) is 1.19. The third-order valence-electron chi connectivity index (χ3n) is 6.11. The van der Waals surface area contributed by atoms with Crippen molar-refractivity contribution in [1.29, 1.82) is 0 Å². The van der Waals surface area contributed by atoms with Gasteiger partial charge in [0, 0.05) is 47.9 Å². The van der Waals surface area contributed by atoms with Crippen LogP contribution < -0.4 is 15.4 Å². The summed E-state index contributed by atoms with van der Waals surface area (Å²) in [4.78, 5) is 4.14. The minimum Gasteiger partial charge on any atom is -0.489 e. The van der Waals surface area contributed by atoms with Crippen LogP contribution in [0.1, 0.15) is 16.7 Å². The van der Waals surface area contributed by atoms with Gasteiger partial charge in [-0.3, -0.25) is 4.98 Å². The molecule has 0 spiro atoms. The van der Waals surface area contributed by atoms with Crippen LogP contribution in [-0.4, -0.2) is 33.4 Å². The average molecular weight is 508 g/mol. The summed E-state index contributed by atoms with van der Waals surface area (Å²) in [6, 6.07) is 26.2. The van der Waals surface area contributed by atoms with Gasteiger partial charge in [-0.05, 0) is 53.9 Å². The lowest BCUT2D eigenvalue weighted by molar-refractivity contribution is 0.288. The maximum atomic E-state index is 9.17. The number of pyridine rings is 1. The van der Waals surface area contributed by atoms with E-state index in [-0.39, 0.29) is 6.61 Å². The van der Waals surface area contributed by atoms with Gasteiger partial charge in [0.1, 0.15) is 12.4 Å². The summed E-state index contributed by atoms with van der Waals surface area (Å²) in [6.07, 6.45) is 3.52. The number of benzene rings is 3. The Balaban J connectivity index is 1.34. The van der Waals surface area contributed by atoms with Gasteiger partial charge in [0.25, 0.3) is 0 Å². The monoisotopic (exact) mass is 507 g/mol. The van der Waals surface area contributed by atoms with E-state index < -0.39 is 0 Å². The first-order valence-electron chi connectivity index (χ1n) is 12.4. The largest absolute Gasteiger partial charge is 0.489 e. The first-order valence-corrected chi connectivity index (χ1v) is 12.4. The van der Waals surface area contributed by atoms with Crippen molar-refractivity contribution >= 4 is 11.7 Å². The highest BCUT2D eigenvalue weighted by Crippen LogP contribution is 2.32. The molecular weight excluding hydrogens is 478 g/mol. The van der Waals surface area contributed by atoms with E-state index in [1.54, 1.807) is 12.4 Å². The molecule has 3 aromatic carbocycles. The Kier molecular flexibility index (Phi) is 8.03. The fourth-order valence-electron chi connectivity index (χ4n) is 4.19. The van der Waals surface area contributed by atoms with Gasteiger partial charge in [0.2, 0.25) is 5.89 Å². The van der Waals surface area contributed by atoms with Crippen molar-refractivity contribution in [2.45, 2.75) is 20.1 Å². The second-order valence-corrected chi connectivity index (χ2v) is 8.75. The lowest BCUT2D eigenvalue weighted by Gasteiger charge is -2.14. The van der Waals surface area contributed by atoms with Crippen molar-refractivity contribution in [2.75, 3.05) is 18.5 Å². The minimum absolute atomic E-state index is 0.0550. The predicted octanol–water partition coefficient (Wildman–Crippen LogP) is 5.51. The van der Waals surface area contributed by atoms with Crippen molar-refractivity contribution in [1.82, 2.24) is 20.5 Å². The topological polar surface area (TPSA) is 105 Å². The molecule has 8 heteroatoms. The Morgan fingerprint density at radius 2 is 1.79 bits per heavy atom. The number of hydrogen-bond donors (Lipinski definition) is 3. The molecule has 0 unspecified atom stereocenters. The molecule has 0 fully saturated rings. The van der Waals surface area contributed by atoms with E-state index in [2.05, 4.69) is 50.9 Å². The Labute approximate surface area is 221 Å². The number of nitrogens with one attached hydrogen (secondary N) is 2. The number of nitrogens with zero attached hydrogens (tertiary/aromatic N) is 3. The molecule has 2 aromatic heterocycles. The van der Waals surface area contributed by atoms with E-state index in [0.717, 1.165) is 44.8 Å². The van der Waals surface area contributed by atoms with E-state index in [1.165, 1.54) is 0 Å². The molecule has 192 valence electrons. The molecule has 0 radical (unpaired) electrons. The molecule has 0 aliphatic heterocycles. The van der Waals surface area contributed by atoms with Gasteiger partial charge in [0.05, 0.1) is 6.61 Å². The lowest BCUT2D eigenvalue weighted by Crippen LogP contribution is -2.18. The molecule has 0 atom stereocenters. The fourth-order valence-corrected chi connectivity index (χ4v) is 4.19. The summed E-state index contributed by atoms with van der Waals surface area (Å²) in [5.41, 5.74) is 6.91. The van der Waals surface area contributed by atoms with Crippen molar-refractivity contribution in [3.8, 4) is 28.3 Å². The van der Waals surface area contributed by atoms with Crippen LogP contribution in [0.25, 0.3) is 22.6 Å². The second-order valence-electron chi connectivity index (χ2n) is 8.75. The molecule has 5 aromatic rings. The van der Waals surface area contributed by atoms with Crippen LogP contribution in [0.15, 0.2) is 95.7 Å². The Morgan fingerprint density at radius 3 is 2.61 bits per heavy atom. The van der Waals surface area contributed by atoms with Crippen LogP contribution in [0.3, 0.4) is 0 Å². The zero-order chi connectivity index (χ0) is 26.2. The molecule has 0 bridgehead atoms. The first kappa shape index (κ1) is 25.1. The Bertz CT molecular complexity index is 1470. The SMILES string of the molecule is Cc1c(-c2ccccc2)cccc1-c1nnc(Nc2ccc(OCc3cccnc3)c(CNCCO)c2)o1. The quantitative estimate of drug-likeness (QED) is 0.201. The predicted molar refractivity (Wildman–Crippen MR) is 147 cm³/mol. The van der Waals surface area contributed by atoms with Crippen LogP contribution in [0, 0.1) is 6.92 Å². The third-order valence-corrected chi connectivity index (χ3v) is 6.11. The second kappa shape index (κ2) is 12.1. The maximum Gasteiger partial charge on any atom is 0.320 e. The smallest absolute Gasteiger partial charge is 0.320 e. The summed E-state index contributed by atoms with van der Waals surface area (Å²) < 4.78 is 12.1. The molecule has 2 heterocycles. The molecule has 0 aliphatic rings. The highest BCUT2D eigenvalue weighted by Gasteiger charge is 2.15. The maximum absolute atomic E-state index is 9.17. The highest BCUT2D eigenvalue weighted by atomic mass is 16.5. The highest BCUT2D eigenvalue weighted by molar-refractivity contribution is 5.75. The van der Waals surface area contributed by atoms with Gasteiger partial charge in [-0.25, -0.2) is 0 Å². The molecule has 0 saturated carbocycles. The molecule has 3 N–H and O–H groups in total. The van der Waals surface area contributed by atoms with Gasteiger partial charge in [-0.15, -0.1) is 5.10 Å². The van der Waals surface area contributed by atoms with Crippen LogP contribution in [-0.2, 0) is 13.2 Å². The number of ether oxygens (including phenoxy) is 1. The number of anilines is 2. The minimum atomic E-state index is 0.0550. The lowest BCUT2D eigenvalue weighted by atomic mass is 9.96. The number of aromatic nitrogens is 3. The van der Waals surface area contributed by atoms with Crippen molar-refractivity contribution in [2.24, 2.45) is 0 Å². The van der Waals surface area contributed by atoms with E-state index in [9.17, 15) is 5.11 Å². The molecule has 8 nitrogen and oxygen atoms in total. The molecule has 0 amide bonds. The van der Waals surface area contributed by atoms with Crippen molar-refractivity contribution < 1.29 is 14.3 Å². The normalized spacial score (nSPS) is 10.9. The third kappa shape index (κ3) is 6.05. The zero-order valence-corrected chi connectivity index (χ0v) is 21.1. The van der Waals surface area contributed by atoms with E-state index in [1.807, 2.05) is 60.7 Å². The zero-order valence-electron chi connectivity index (χ0n) is 21.1. The van der Waals surface area contributed by atoms with E-state index in [0.29, 0.717) is 31.6 Å². The summed E-state index contributed by atoms with van der Waals surface area (Å²) >= 11 is 0. The Hall–Kier alpha value is -4.53. The van der Waals surface area contributed by atoms with Gasteiger partial charge in [-0.2, -0.15) is 0 Å². The molecule has 38 heavy (non-hydrogen) atoms. The summed E-state index contributed by atoms with van der Waals surface area (Å²) in [7, 11) is 0. The average Bonchev–Trinajstić information content (AvgIpc) is 3.42. The van der Waals surface area contributed by atoms with Gasteiger partial charge >= 0.3 is 6.01 Å². The molecule has 0 aliphatic carbocycles. The number of hydrogen-bond acceptors (Lipinski definition) is 8. The van der Waals surface area contributed by atoms with Gasteiger partial charge in [0.15, 0.2) is 0 Å². The number of aliphatic hydroxyl groups excluding tert-OH is 1. The fraction of sp³-hybridized carbons (Fsp3) is 0.167. The molecule has 0 saturated heterocycles. The van der Waals surface area contributed by atoms with Crippen LogP contribution >= 0.6 is 0 Å². The van der Waals surface area contributed by atoms with Crippen LogP contribution in [0.2, 0.25) is 0 Å². The molecular formula is C30H29N5O3. The van der Waals surface area contributed by atoms with Crippen LogP contribution in [0.5, 0.6) is 5.75 Å².